The molecule has 0 aromatic heterocycles. The molecule has 0 spiro atoms. The van der Waals surface area contributed by atoms with Gasteiger partial charge in [0.1, 0.15) is 11.9 Å². The first-order chi connectivity index (χ1) is 9.88. The van der Waals surface area contributed by atoms with E-state index in [1.165, 1.54) is 18.3 Å². The SMILES string of the molecule is CC(C)CC(NC(=O)N/C=C/c1ccc(F)cc1)C(=O)O. The van der Waals surface area contributed by atoms with Crippen molar-refractivity contribution in [3.63, 3.8) is 0 Å². The zero-order valence-corrected chi connectivity index (χ0v) is 12.0. The second-order valence-corrected chi connectivity index (χ2v) is 5.02. The molecule has 0 aliphatic heterocycles. The van der Waals surface area contributed by atoms with Crippen LogP contribution in [0.4, 0.5) is 9.18 Å². The highest BCUT2D eigenvalue weighted by molar-refractivity contribution is 5.83. The number of hydrogen-bond acceptors (Lipinski definition) is 2. The fourth-order valence-electron chi connectivity index (χ4n) is 1.68. The quantitative estimate of drug-likeness (QED) is 0.754. The van der Waals surface area contributed by atoms with Crippen molar-refractivity contribution < 1.29 is 19.1 Å². The third kappa shape index (κ3) is 6.56. The summed E-state index contributed by atoms with van der Waals surface area (Å²) in [4.78, 5) is 22.6. The Morgan fingerprint density at radius 1 is 1.29 bits per heavy atom. The van der Waals surface area contributed by atoms with Gasteiger partial charge < -0.3 is 15.7 Å². The zero-order chi connectivity index (χ0) is 15.8. The second kappa shape index (κ2) is 8.04. The smallest absolute Gasteiger partial charge is 0.326 e. The molecule has 1 rings (SSSR count). The van der Waals surface area contributed by atoms with Crippen LogP contribution in [0.15, 0.2) is 30.5 Å². The molecule has 0 aliphatic rings. The molecule has 0 aliphatic carbocycles. The summed E-state index contributed by atoms with van der Waals surface area (Å²) < 4.78 is 12.7. The van der Waals surface area contributed by atoms with Crippen LogP contribution in [0.2, 0.25) is 0 Å². The number of nitrogens with one attached hydrogen (secondary N) is 2. The number of urea groups is 1. The molecular weight excluding hydrogens is 275 g/mol. The molecule has 0 heterocycles. The van der Waals surface area contributed by atoms with Crippen molar-refractivity contribution in [2.75, 3.05) is 0 Å². The molecule has 2 amide bonds. The molecule has 1 atom stereocenters. The molecular formula is C15H19FN2O3. The monoisotopic (exact) mass is 294 g/mol. The molecule has 6 heteroatoms. The molecule has 1 aromatic carbocycles. The predicted octanol–water partition coefficient (Wildman–Crippen LogP) is 2.59. The summed E-state index contributed by atoms with van der Waals surface area (Å²) in [7, 11) is 0. The van der Waals surface area contributed by atoms with Crippen LogP contribution in [0.1, 0.15) is 25.8 Å². The van der Waals surface area contributed by atoms with E-state index in [2.05, 4.69) is 10.6 Å². The number of benzene rings is 1. The first kappa shape index (κ1) is 16.7. The van der Waals surface area contributed by atoms with Crippen molar-refractivity contribution in [3.05, 3.63) is 41.8 Å². The van der Waals surface area contributed by atoms with Gasteiger partial charge in [0.25, 0.3) is 0 Å². The lowest BCUT2D eigenvalue weighted by atomic mass is 10.0. The molecule has 5 nitrogen and oxygen atoms in total. The average Bonchev–Trinajstić information content (AvgIpc) is 2.39. The standard InChI is InChI=1S/C15H19FN2O3/c1-10(2)9-13(14(19)20)18-15(21)17-8-7-11-3-5-12(16)6-4-11/h3-8,10,13H,9H2,1-2H3,(H,19,20)(H2,17,18,21)/b8-7+. The minimum absolute atomic E-state index is 0.154. The Kier molecular flexibility index (Phi) is 6.39. The molecule has 114 valence electrons. The molecule has 1 unspecified atom stereocenters. The van der Waals surface area contributed by atoms with Crippen molar-refractivity contribution in [1.29, 1.82) is 0 Å². The van der Waals surface area contributed by atoms with Crippen molar-refractivity contribution in [2.45, 2.75) is 26.3 Å². The van der Waals surface area contributed by atoms with Crippen molar-refractivity contribution in [2.24, 2.45) is 5.92 Å². The fraction of sp³-hybridized carbons (Fsp3) is 0.333. The van der Waals surface area contributed by atoms with E-state index in [4.69, 9.17) is 5.11 Å². The number of amides is 2. The van der Waals surface area contributed by atoms with Crippen LogP contribution >= 0.6 is 0 Å². The van der Waals surface area contributed by atoms with Crippen molar-refractivity contribution >= 4 is 18.1 Å². The number of carboxylic acids is 1. The van der Waals surface area contributed by atoms with Crippen LogP contribution in [0.3, 0.4) is 0 Å². The van der Waals surface area contributed by atoms with Gasteiger partial charge >= 0.3 is 12.0 Å². The van der Waals surface area contributed by atoms with Gasteiger partial charge in [-0.2, -0.15) is 0 Å². The molecule has 0 bridgehead atoms. The fourth-order valence-corrected chi connectivity index (χ4v) is 1.68. The lowest BCUT2D eigenvalue weighted by molar-refractivity contribution is -0.139. The third-order valence-corrected chi connectivity index (χ3v) is 2.67. The topological polar surface area (TPSA) is 78.4 Å². The maximum atomic E-state index is 12.7. The van der Waals surface area contributed by atoms with Gasteiger partial charge in [-0.05, 0) is 36.1 Å². The maximum Gasteiger partial charge on any atom is 0.326 e. The third-order valence-electron chi connectivity index (χ3n) is 2.67. The number of hydrogen-bond donors (Lipinski definition) is 3. The average molecular weight is 294 g/mol. The number of carboxylic acid groups (broad SMARTS) is 1. The Labute approximate surface area is 122 Å². The van der Waals surface area contributed by atoms with Gasteiger partial charge in [0.2, 0.25) is 0 Å². The Morgan fingerprint density at radius 2 is 1.90 bits per heavy atom. The van der Waals surface area contributed by atoms with Crippen LogP contribution in [-0.2, 0) is 4.79 Å². The number of carbonyl (C=O) groups is 2. The summed E-state index contributed by atoms with van der Waals surface area (Å²) in [6.45, 7) is 3.76. The van der Waals surface area contributed by atoms with Gasteiger partial charge in [0.05, 0.1) is 0 Å². The summed E-state index contributed by atoms with van der Waals surface area (Å²) in [5.74, 6) is -1.25. The minimum atomic E-state index is -1.07. The van der Waals surface area contributed by atoms with Crippen LogP contribution in [-0.4, -0.2) is 23.1 Å². The molecule has 0 radical (unpaired) electrons. The maximum absolute atomic E-state index is 12.7. The van der Waals surface area contributed by atoms with Gasteiger partial charge in [-0.15, -0.1) is 0 Å². The molecule has 21 heavy (non-hydrogen) atoms. The van der Waals surface area contributed by atoms with Crippen LogP contribution in [0, 0.1) is 11.7 Å². The van der Waals surface area contributed by atoms with Crippen molar-refractivity contribution in [1.82, 2.24) is 10.6 Å². The van der Waals surface area contributed by atoms with Gasteiger partial charge in [-0.3, -0.25) is 0 Å². The lowest BCUT2D eigenvalue weighted by Crippen LogP contribution is -2.45. The minimum Gasteiger partial charge on any atom is -0.480 e. The van der Waals surface area contributed by atoms with E-state index in [1.807, 2.05) is 13.8 Å². The van der Waals surface area contributed by atoms with E-state index in [-0.39, 0.29) is 11.7 Å². The van der Waals surface area contributed by atoms with Gasteiger partial charge in [0, 0.05) is 6.20 Å². The molecule has 0 saturated heterocycles. The zero-order valence-electron chi connectivity index (χ0n) is 12.0. The number of carbonyl (C=O) groups excluding carboxylic acids is 1. The highest BCUT2D eigenvalue weighted by Crippen LogP contribution is 2.05. The van der Waals surface area contributed by atoms with E-state index < -0.39 is 18.0 Å². The Morgan fingerprint density at radius 3 is 2.43 bits per heavy atom. The van der Waals surface area contributed by atoms with Crippen LogP contribution in [0.25, 0.3) is 6.08 Å². The van der Waals surface area contributed by atoms with Gasteiger partial charge in [-0.25, -0.2) is 14.0 Å². The molecule has 0 saturated carbocycles. The molecule has 3 N–H and O–H groups in total. The summed E-state index contributed by atoms with van der Waals surface area (Å²) in [5, 5.41) is 13.8. The van der Waals surface area contributed by atoms with Gasteiger partial charge in [-0.1, -0.05) is 26.0 Å². The molecule has 0 fully saturated rings. The number of aliphatic carboxylic acids is 1. The van der Waals surface area contributed by atoms with Crippen LogP contribution < -0.4 is 10.6 Å². The van der Waals surface area contributed by atoms with E-state index in [1.54, 1.807) is 18.2 Å². The number of halogens is 1. The summed E-state index contributed by atoms with van der Waals surface area (Å²) in [5.41, 5.74) is 0.716. The Hall–Kier alpha value is -2.37. The lowest BCUT2D eigenvalue weighted by Gasteiger charge is -2.15. The Balaban J connectivity index is 2.48. The summed E-state index contributed by atoms with van der Waals surface area (Å²) >= 11 is 0. The second-order valence-electron chi connectivity index (χ2n) is 5.02. The predicted molar refractivity (Wildman–Crippen MR) is 78.0 cm³/mol. The van der Waals surface area contributed by atoms with E-state index >= 15 is 0 Å². The largest absolute Gasteiger partial charge is 0.480 e. The first-order valence-electron chi connectivity index (χ1n) is 6.60. The van der Waals surface area contributed by atoms with Gasteiger partial charge in [0.15, 0.2) is 0 Å². The number of rotatable bonds is 6. The Bertz CT molecular complexity index is 512. The summed E-state index contributed by atoms with van der Waals surface area (Å²) in [6.07, 6.45) is 3.30. The van der Waals surface area contributed by atoms with Crippen LogP contribution in [0.5, 0.6) is 0 Å². The highest BCUT2D eigenvalue weighted by Gasteiger charge is 2.20. The van der Waals surface area contributed by atoms with E-state index in [9.17, 15) is 14.0 Å². The van der Waals surface area contributed by atoms with Crippen molar-refractivity contribution in [3.8, 4) is 0 Å². The highest BCUT2D eigenvalue weighted by atomic mass is 19.1. The normalized spacial score (nSPS) is 12.4. The first-order valence-corrected chi connectivity index (χ1v) is 6.60. The van der Waals surface area contributed by atoms with E-state index in [0.717, 1.165) is 0 Å². The van der Waals surface area contributed by atoms with E-state index in [0.29, 0.717) is 12.0 Å². The molecule has 1 aromatic rings. The summed E-state index contributed by atoms with van der Waals surface area (Å²) in [6, 6.07) is 4.21.